The highest BCUT2D eigenvalue weighted by molar-refractivity contribution is 7.71. The van der Waals surface area contributed by atoms with Crippen LogP contribution in [0.2, 0.25) is 0 Å². The molecule has 0 fully saturated rings. The molecule has 0 saturated carbocycles. The first-order valence-corrected chi connectivity index (χ1v) is 3.98. The molecular weight excluding hydrogens is 160 g/mol. The van der Waals surface area contributed by atoms with Crippen LogP contribution < -0.4 is 5.73 Å². The predicted molar refractivity (Wildman–Crippen MR) is 45.8 cm³/mol. The van der Waals surface area contributed by atoms with E-state index in [1.54, 1.807) is 0 Å². The molecule has 1 aromatic heterocycles. The average molecular weight is 172 g/mol. The van der Waals surface area contributed by atoms with Gasteiger partial charge in [0.15, 0.2) is 4.77 Å². The molecule has 0 unspecified atom stereocenters. The summed E-state index contributed by atoms with van der Waals surface area (Å²) in [5.41, 5.74) is 5.37. The molecule has 0 radical (unpaired) electrons. The second-order valence-corrected chi connectivity index (χ2v) is 2.76. The van der Waals surface area contributed by atoms with Crippen molar-refractivity contribution in [2.75, 3.05) is 6.54 Å². The first-order valence-electron chi connectivity index (χ1n) is 3.57. The number of nitrogens with zero attached hydrogens (tertiary/aromatic N) is 2. The normalized spacial score (nSPS) is 10.4. The van der Waals surface area contributed by atoms with E-state index < -0.39 is 0 Å². The molecule has 0 aliphatic carbocycles. The van der Waals surface area contributed by atoms with Gasteiger partial charge in [-0.1, -0.05) is 0 Å². The number of nitrogens with two attached hydrogens (primary N) is 1. The summed E-state index contributed by atoms with van der Waals surface area (Å²) in [6.07, 6.45) is 0.939. The Morgan fingerprint density at radius 1 is 1.73 bits per heavy atom. The molecule has 0 amide bonds. The van der Waals surface area contributed by atoms with E-state index in [2.05, 4.69) is 10.2 Å². The van der Waals surface area contributed by atoms with Crippen molar-refractivity contribution in [2.45, 2.75) is 19.9 Å². The van der Waals surface area contributed by atoms with Gasteiger partial charge in [-0.15, -0.1) is 0 Å². The number of hydrogen-bond acceptors (Lipinski definition) is 3. The minimum atomic E-state index is 0.677. The van der Waals surface area contributed by atoms with Crippen molar-refractivity contribution in [3.8, 4) is 0 Å². The fourth-order valence-corrected chi connectivity index (χ4v) is 1.18. The van der Waals surface area contributed by atoms with Crippen molar-refractivity contribution in [1.82, 2.24) is 14.8 Å². The van der Waals surface area contributed by atoms with Crippen molar-refractivity contribution < 1.29 is 0 Å². The summed E-state index contributed by atoms with van der Waals surface area (Å²) in [6.45, 7) is 3.47. The van der Waals surface area contributed by atoms with Crippen molar-refractivity contribution in [2.24, 2.45) is 5.73 Å². The number of hydrogen-bond donors (Lipinski definition) is 2. The summed E-state index contributed by atoms with van der Waals surface area (Å²) in [4.78, 5) is 0. The van der Waals surface area contributed by atoms with Crippen LogP contribution in [0.5, 0.6) is 0 Å². The molecular formula is C6H12N4S. The fraction of sp³-hybridized carbons (Fsp3) is 0.667. The van der Waals surface area contributed by atoms with Gasteiger partial charge in [-0.3, -0.25) is 5.10 Å². The first-order chi connectivity index (χ1) is 5.25. The third-order valence-electron chi connectivity index (χ3n) is 1.53. The van der Waals surface area contributed by atoms with Gasteiger partial charge in [0.25, 0.3) is 0 Å². The maximum atomic E-state index is 5.37. The van der Waals surface area contributed by atoms with Crippen LogP contribution in [0.1, 0.15) is 12.2 Å². The molecule has 0 aliphatic rings. The van der Waals surface area contributed by atoms with Gasteiger partial charge in [0.1, 0.15) is 5.82 Å². The Labute approximate surface area is 70.4 Å². The molecule has 62 valence electrons. The lowest BCUT2D eigenvalue weighted by atomic mass is 10.4. The minimum Gasteiger partial charge on any atom is -0.330 e. The van der Waals surface area contributed by atoms with E-state index in [-0.39, 0.29) is 0 Å². The second-order valence-electron chi connectivity index (χ2n) is 2.37. The van der Waals surface area contributed by atoms with Gasteiger partial charge in [-0.2, -0.15) is 5.10 Å². The van der Waals surface area contributed by atoms with Gasteiger partial charge in [-0.25, -0.2) is 0 Å². The largest absolute Gasteiger partial charge is 0.330 e. The van der Waals surface area contributed by atoms with Crippen molar-refractivity contribution >= 4 is 12.2 Å². The highest BCUT2D eigenvalue weighted by Crippen LogP contribution is 1.96. The van der Waals surface area contributed by atoms with Crippen LogP contribution in [0.3, 0.4) is 0 Å². The number of aromatic amines is 1. The topological polar surface area (TPSA) is 59.6 Å². The first kappa shape index (κ1) is 8.42. The number of nitrogens with one attached hydrogen (secondary N) is 1. The molecule has 1 aromatic rings. The zero-order valence-electron chi connectivity index (χ0n) is 6.50. The Kier molecular flexibility index (Phi) is 2.78. The van der Waals surface area contributed by atoms with Gasteiger partial charge in [0.2, 0.25) is 0 Å². The molecule has 0 saturated heterocycles. The van der Waals surface area contributed by atoms with E-state index in [9.17, 15) is 0 Å². The Hall–Kier alpha value is -0.680. The van der Waals surface area contributed by atoms with Crippen LogP contribution in [0.4, 0.5) is 0 Å². The Balaban J connectivity index is 2.75. The minimum absolute atomic E-state index is 0.677. The van der Waals surface area contributed by atoms with Crippen LogP contribution in [0.25, 0.3) is 0 Å². The van der Waals surface area contributed by atoms with Crippen LogP contribution in [0, 0.1) is 11.7 Å². The van der Waals surface area contributed by atoms with Gasteiger partial charge in [-0.05, 0) is 32.1 Å². The van der Waals surface area contributed by atoms with Gasteiger partial charge in [0, 0.05) is 6.54 Å². The lowest BCUT2D eigenvalue weighted by Gasteiger charge is -2.00. The maximum absolute atomic E-state index is 5.37. The summed E-state index contributed by atoms with van der Waals surface area (Å²) < 4.78 is 2.62. The molecule has 11 heavy (non-hydrogen) atoms. The molecule has 4 nitrogen and oxygen atoms in total. The Morgan fingerprint density at radius 2 is 2.45 bits per heavy atom. The van der Waals surface area contributed by atoms with E-state index in [1.807, 2.05) is 11.5 Å². The van der Waals surface area contributed by atoms with Gasteiger partial charge < -0.3 is 10.3 Å². The third kappa shape index (κ3) is 1.87. The van der Waals surface area contributed by atoms with E-state index in [4.69, 9.17) is 18.0 Å². The molecule has 0 atom stereocenters. The zero-order chi connectivity index (χ0) is 8.27. The second kappa shape index (κ2) is 3.64. The standard InChI is InChI=1S/C6H12N4S/c1-5-8-9-6(11)10(5)4-2-3-7/h2-4,7H2,1H3,(H,9,11). The summed E-state index contributed by atoms with van der Waals surface area (Å²) in [6, 6.07) is 0. The molecule has 1 rings (SSSR count). The van der Waals surface area contributed by atoms with Gasteiger partial charge >= 0.3 is 0 Å². The highest BCUT2D eigenvalue weighted by Gasteiger charge is 1.97. The van der Waals surface area contributed by atoms with Crippen molar-refractivity contribution in [3.05, 3.63) is 10.6 Å². The van der Waals surface area contributed by atoms with Crippen LogP contribution >= 0.6 is 12.2 Å². The van der Waals surface area contributed by atoms with Gasteiger partial charge in [0.05, 0.1) is 0 Å². The molecule has 0 aromatic carbocycles. The Bertz CT molecular complexity index is 274. The summed E-state index contributed by atoms with van der Waals surface area (Å²) in [7, 11) is 0. The Morgan fingerprint density at radius 3 is 2.91 bits per heavy atom. The molecule has 3 N–H and O–H groups in total. The van der Waals surface area contributed by atoms with Crippen LogP contribution in [-0.2, 0) is 6.54 Å². The third-order valence-corrected chi connectivity index (χ3v) is 1.85. The predicted octanol–water partition coefficient (Wildman–Crippen LogP) is 0.598. The monoisotopic (exact) mass is 172 g/mol. The van der Waals surface area contributed by atoms with E-state index in [0.29, 0.717) is 11.3 Å². The van der Waals surface area contributed by atoms with Crippen molar-refractivity contribution in [3.63, 3.8) is 0 Å². The summed E-state index contributed by atoms with van der Waals surface area (Å²) in [5.74, 6) is 0.920. The van der Waals surface area contributed by atoms with Crippen LogP contribution in [-0.4, -0.2) is 21.3 Å². The van der Waals surface area contributed by atoms with E-state index in [1.165, 1.54) is 0 Å². The van der Waals surface area contributed by atoms with E-state index >= 15 is 0 Å². The zero-order valence-corrected chi connectivity index (χ0v) is 7.32. The molecule has 0 spiro atoms. The molecule has 0 aliphatic heterocycles. The van der Waals surface area contributed by atoms with Crippen LogP contribution in [0.15, 0.2) is 0 Å². The maximum Gasteiger partial charge on any atom is 0.195 e. The molecule has 5 heteroatoms. The highest BCUT2D eigenvalue weighted by atomic mass is 32.1. The average Bonchev–Trinajstić information content (AvgIpc) is 2.29. The quantitative estimate of drug-likeness (QED) is 0.656. The number of aromatic nitrogens is 3. The molecule has 0 bridgehead atoms. The number of rotatable bonds is 3. The number of aryl methyl sites for hydroxylation is 1. The smallest absolute Gasteiger partial charge is 0.195 e. The lowest BCUT2D eigenvalue weighted by Crippen LogP contribution is -2.07. The van der Waals surface area contributed by atoms with Crippen molar-refractivity contribution in [1.29, 1.82) is 0 Å². The lowest BCUT2D eigenvalue weighted by molar-refractivity contribution is 0.626. The van der Waals surface area contributed by atoms with E-state index in [0.717, 1.165) is 18.8 Å². The fourth-order valence-electron chi connectivity index (χ4n) is 0.909. The molecule has 1 heterocycles. The number of H-pyrrole nitrogens is 1. The summed E-state index contributed by atoms with van der Waals surface area (Å²) >= 11 is 4.99. The SMILES string of the molecule is Cc1n[nH]c(=S)n1CCCN. The summed E-state index contributed by atoms with van der Waals surface area (Å²) in [5, 5.41) is 6.69.